The van der Waals surface area contributed by atoms with Crippen molar-refractivity contribution in [3.05, 3.63) is 23.8 Å². The molecule has 1 unspecified atom stereocenters. The molecule has 0 radical (unpaired) electrons. The first-order chi connectivity index (χ1) is 6.85. The molecule has 0 spiro atoms. The number of rotatable bonds is 2. The fourth-order valence-corrected chi connectivity index (χ4v) is 2.90. The summed E-state index contributed by atoms with van der Waals surface area (Å²) in [5.41, 5.74) is 1.38. The van der Waals surface area contributed by atoms with Crippen LogP contribution in [0.4, 0.5) is 0 Å². The van der Waals surface area contributed by atoms with Gasteiger partial charge in [0, 0.05) is 10.9 Å². The Balaban J connectivity index is 2.38. The van der Waals surface area contributed by atoms with Crippen molar-refractivity contribution in [1.29, 1.82) is 0 Å². The molecule has 1 atom stereocenters. The molecule has 1 aromatic carbocycles. The molecule has 1 aliphatic rings. The number of benzene rings is 1. The summed E-state index contributed by atoms with van der Waals surface area (Å²) in [5, 5.41) is 3.34. The van der Waals surface area contributed by atoms with E-state index < -0.39 is 0 Å². The first kappa shape index (κ1) is 9.87. The van der Waals surface area contributed by atoms with Crippen molar-refractivity contribution in [3.8, 4) is 5.75 Å². The summed E-state index contributed by atoms with van der Waals surface area (Å²) < 4.78 is 5.24. The quantitative estimate of drug-likeness (QED) is 0.808. The van der Waals surface area contributed by atoms with E-state index in [0.717, 1.165) is 5.75 Å². The van der Waals surface area contributed by atoms with E-state index in [2.05, 4.69) is 17.4 Å². The third-order valence-corrected chi connectivity index (χ3v) is 3.73. The highest BCUT2D eigenvalue weighted by atomic mass is 32.2. The molecule has 1 N–H and O–H groups in total. The SMILES string of the molecule is CNC1CCSc2ccc(OC)cc21. The van der Waals surface area contributed by atoms with Crippen LogP contribution in [0.25, 0.3) is 0 Å². The normalized spacial score (nSPS) is 20.3. The van der Waals surface area contributed by atoms with Crippen LogP contribution in [0.15, 0.2) is 23.1 Å². The predicted molar refractivity (Wildman–Crippen MR) is 60.1 cm³/mol. The first-order valence-corrected chi connectivity index (χ1v) is 5.81. The van der Waals surface area contributed by atoms with Crippen LogP contribution >= 0.6 is 11.8 Å². The Hall–Kier alpha value is -0.670. The third kappa shape index (κ3) is 1.74. The van der Waals surface area contributed by atoms with Gasteiger partial charge in [0.05, 0.1) is 7.11 Å². The zero-order chi connectivity index (χ0) is 9.97. The van der Waals surface area contributed by atoms with Gasteiger partial charge >= 0.3 is 0 Å². The summed E-state index contributed by atoms with van der Waals surface area (Å²) >= 11 is 1.93. The fourth-order valence-electron chi connectivity index (χ4n) is 1.80. The lowest BCUT2D eigenvalue weighted by Crippen LogP contribution is -2.20. The van der Waals surface area contributed by atoms with Crippen molar-refractivity contribution in [2.24, 2.45) is 0 Å². The third-order valence-electron chi connectivity index (χ3n) is 2.60. The van der Waals surface area contributed by atoms with E-state index in [-0.39, 0.29) is 0 Å². The Morgan fingerprint density at radius 2 is 2.36 bits per heavy atom. The van der Waals surface area contributed by atoms with Crippen molar-refractivity contribution in [3.63, 3.8) is 0 Å². The molecule has 0 aromatic heterocycles. The number of hydrogen-bond donors (Lipinski definition) is 1. The summed E-state index contributed by atoms with van der Waals surface area (Å²) in [6, 6.07) is 6.82. The van der Waals surface area contributed by atoms with Gasteiger partial charge in [0.25, 0.3) is 0 Å². The van der Waals surface area contributed by atoms with Crippen LogP contribution in [0.2, 0.25) is 0 Å². The predicted octanol–water partition coefficient (Wildman–Crippen LogP) is 2.45. The monoisotopic (exact) mass is 209 g/mol. The van der Waals surface area contributed by atoms with Gasteiger partial charge < -0.3 is 10.1 Å². The molecular formula is C11H15NOS. The number of hydrogen-bond acceptors (Lipinski definition) is 3. The van der Waals surface area contributed by atoms with E-state index in [1.165, 1.54) is 22.6 Å². The Bertz CT molecular complexity index is 327. The van der Waals surface area contributed by atoms with Gasteiger partial charge in [0.2, 0.25) is 0 Å². The molecule has 1 aliphatic heterocycles. The summed E-state index contributed by atoms with van der Waals surface area (Å²) in [6.07, 6.45) is 1.20. The lowest BCUT2D eigenvalue weighted by atomic mass is 10.0. The smallest absolute Gasteiger partial charge is 0.119 e. The maximum atomic E-state index is 5.24. The summed E-state index contributed by atoms with van der Waals surface area (Å²) in [7, 11) is 3.73. The minimum atomic E-state index is 0.487. The highest BCUT2D eigenvalue weighted by molar-refractivity contribution is 7.99. The zero-order valence-electron chi connectivity index (χ0n) is 8.54. The van der Waals surface area contributed by atoms with Gasteiger partial charge in [0.1, 0.15) is 5.75 Å². The van der Waals surface area contributed by atoms with Crippen molar-refractivity contribution in [1.82, 2.24) is 5.32 Å². The van der Waals surface area contributed by atoms with Crippen LogP contribution < -0.4 is 10.1 Å². The molecule has 2 rings (SSSR count). The van der Waals surface area contributed by atoms with Crippen LogP contribution in [0.1, 0.15) is 18.0 Å². The van der Waals surface area contributed by atoms with E-state index in [9.17, 15) is 0 Å². The molecule has 0 saturated carbocycles. The number of ether oxygens (including phenoxy) is 1. The highest BCUT2D eigenvalue weighted by Crippen LogP contribution is 2.37. The van der Waals surface area contributed by atoms with Crippen LogP contribution in [-0.2, 0) is 0 Å². The van der Waals surface area contributed by atoms with E-state index in [1.54, 1.807) is 7.11 Å². The van der Waals surface area contributed by atoms with Crippen LogP contribution in [0, 0.1) is 0 Å². The average Bonchev–Trinajstić information content (AvgIpc) is 2.27. The van der Waals surface area contributed by atoms with Crippen molar-refractivity contribution < 1.29 is 4.74 Å². The van der Waals surface area contributed by atoms with Gasteiger partial charge in [-0.2, -0.15) is 0 Å². The zero-order valence-corrected chi connectivity index (χ0v) is 9.36. The summed E-state index contributed by atoms with van der Waals surface area (Å²) in [6.45, 7) is 0. The topological polar surface area (TPSA) is 21.3 Å². The van der Waals surface area contributed by atoms with Crippen LogP contribution in [0.5, 0.6) is 5.75 Å². The van der Waals surface area contributed by atoms with E-state index >= 15 is 0 Å². The lowest BCUT2D eigenvalue weighted by Gasteiger charge is -2.24. The van der Waals surface area contributed by atoms with E-state index in [4.69, 9.17) is 4.74 Å². The molecule has 14 heavy (non-hydrogen) atoms. The molecule has 0 aliphatic carbocycles. The lowest BCUT2D eigenvalue weighted by molar-refractivity contribution is 0.412. The minimum Gasteiger partial charge on any atom is -0.497 e. The minimum absolute atomic E-state index is 0.487. The Morgan fingerprint density at radius 1 is 1.50 bits per heavy atom. The number of nitrogens with one attached hydrogen (secondary N) is 1. The van der Waals surface area contributed by atoms with Crippen molar-refractivity contribution >= 4 is 11.8 Å². The molecule has 1 heterocycles. The Kier molecular flexibility index (Phi) is 2.99. The van der Waals surface area contributed by atoms with Gasteiger partial charge in [-0.15, -0.1) is 11.8 Å². The van der Waals surface area contributed by atoms with Gasteiger partial charge in [-0.1, -0.05) is 0 Å². The van der Waals surface area contributed by atoms with Gasteiger partial charge in [0.15, 0.2) is 0 Å². The van der Waals surface area contributed by atoms with Gasteiger partial charge in [-0.3, -0.25) is 0 Å². The van der Waals surface area contributed by atoms with E-state index in [1.807, 2.05) is 24.9 Å². The molecular weight excluding hydrogens is 194 g/mol. The first-order valence-electron chi connectivity index (χ1n) is 4.83. The Morgan fingerprint density at radius 3 is 3.07 bits per heavy atom. The van der Waals surface area contributed by atoms with Gasteiger partial charge in [-0.05, 0) is 43.0 Å². The molecule has 2 nitrogen and oxygen atoms in total. The van der Waals surface area contributed by atoms with Crippen LogP contribution in [0.3, 0.4) is 0 Å². The second-order valence-electron chi connectivity index (χ2n) is 3.38. The number of methoxy groups -OCH3 is 1. The van der Waals surface area contributed by atoms with E-state index in [0.29, 0.717) is 6.04 Å². The Labute approximate surface area is 89.0 Å². The molecule has 0 fully saturated rings. The van der Waals surface area contributed by atoms with Crippen LogP contribution in [-0.4, -0.2) is 19.9 Å². The number of fused-ring (bicyclic) bond motifs is 1. The maximum Gasteiger partial charge on any atom is 0.119 e. The second kappa shape index (κ2) is 4.24. The second-order valence-corrected chi connectivity index (χ2v) is 4.52. The largest absolute Gasteiger partial charge is 0.497 e. The average molecular weight is 209 g/mol. The molecule has 0 bridgehead atoms. The summed E-state index contributed by atoms with van der Waals surface area (Å²) in [5.74, 6) is 2.15. The molecule has 0 amide bonds. The highest BCUT2D eigenvalue weighted by Gasteiger charge is 2.19. The van der Waals surface area contributed by atoms with Crippen molar-refractivity contribution in [2.75, 3.05) is 19.9 Å². The van der Waals surface area contributed by atoms with Crippen molar-refractivity contribution in [2.45, 2.75) is 17.4 Å². The standard InChI is InChI=1S/C11H15NOS/c1-12-10-5-6-14-11-4-3-8(13-2)7-9(10)11/h3-4,7,10,12H,5-6H2,1-2H3. The number of thioether (sulfide) groups is 1. The molecule has 0 saturated heterocycles. The molecule has 3 heteroatoms. The molecule has 76 valence electrons. The maximum absolute atomic E-state index is 5.24. The molecule has 1 aromatic rings. The summed E-state index contributed by atoms with van der Waals surface area (Å²) in [4.78, 5) is 1.39. The fraction of sp³-hybridized carbons (Fsp3) is 0.455. The van der Waals surface area contributed by atoms with Gasteiger partial charge in [-0.25, -0.2) is 0 Å².